The summed E-state index contributed by atoms with van der Waals surface area (Å²) in [6, 6.07) is -2.30. The first-order valence-corrected chi connectivity index (χ1v) is 7.99. The van der Waals surface area contributed by atoms with Gasteiger partial charge in [0.1, 0.15) is 24.4 Å². The first-order chi connectivity index (χ1) is 8.83. The minimum atomic E-state index is -5.54. The predicted octanol–water partition coefficient (Wildman–Crippen LogP) is -3.79. The van der Waals surface area contributed by atoms with Gasteiger partial charge in [-0.3, -0.25) is 9.36 Å². The van der Waals surface area contributed by atoms with Crippen molar-refractivity contribution >= 4 is 20.9 Å². The van der Waals surface area contributed by atoms with Gasteiger partial charge >= 0.3 is 15.4 Å². The molecule has 0 fully saturated rings. The van der Waals surface area contributed by atoms with Crippen LogP contribution in [-0.2, 0) is 18.2 Å². The van der Waals surface area contributed by atoms with E-state index in [4.69, 9.17) is 30.6 Å². The van der Waals surface area contributed by atoms with Gasteiger partial charge < -0.3 is 40.8 Å². The summed E-state index contributed by atoms with van der Waals surface area (Å²) in [7, 11) is -11.0. The molecule has 0 rings (SSSR count). The van der Waals surface area contributed by atoms with E-state index in [-0.39, 0.29) is 0 Å². The van der Waals surface area contributed by atoms with Crippen molar-refractivity contribution in [2.24, 2.45) is 5.73 Å². The summed E-state index contributed by atoms with van der Waals surface area (Å²) < 4.78 is 25.0. The maximum absolute atomic E-state index is 11.4. The van der Waals surface area contributed by atoms with E-state index in [1.165, 1.54) is 0 Å². The summed E-state index contributed by atoms with van der Waals surface area (Å²) in [5, 5.41) is 36.1. The third-order valence-corrected chi connectivity index (χ3v) is 4.67. The van der Waals surface area contributed by atoms with Crippen LogP contribution in [0.2, 0.25) is 0 Å². The predicted molar refractivity (Wildman–Crippen MR) is 61.0 cm³/mol. The van der Waals surface area contributed by atoms with Crippen molar-refractivity contribution < 1.29 is 53.3 Å². The molecule has 14 heteroatoms. The maximum atomic E-state index is 11.4. The Labute approximate surface area is 112 Å². The second kappa shape index (κ2) is 7.16. The molecular weight excluding hydrogens is 324 g/mol. The lowest BCUT2D eigenvalue weighted by molar-refractivity contribution is -0.123. The van der Waals surface area contributed by atoms with Gasteiger partial charge in [-0.15, -0.1) is 0 Å². The zero-order valence-corrected chi connectivity index (χ0v) is 11.5. The fraction of sp³-hybridized carbons (Fsp3) is 0.833. The molecule has 120 valence electrons. The molecule has 0 bridgehead atoms. The first-order valence-electron chi connectivity index (χ1n) is 4.88. The Kier molecular flexibility index (Phi) is 7.08. The largest absolute Gasteiger partial charge is 0.477 e. The summed E-state index contributed by atoms with van der Waals surface area (Å²) in [6.07, 6.45) is -6.33. The lowest BCUT2D eigenvalue weighted by atomic mass is 10.0. The van der Waals surface area contributed by atoms with E-state index in [0.29, 0.717) is 0 Å². The molecule has 0 radical (unpaired) electrons. The number of rotatable bonds is 8. The topological polar surface area (TPSA) is 228 Å². The van der Waals surface area contributed by atoms with Gasteiger partial charge in [-0.05, 0) is 0 Å². The molecule has 20 heavy (non-hydrogen) atoms. The molecular formula is C6H15NO11P2. The summed E-state index contributed by atoms with van der Waals surface area (Å²) in [5.74, 6) is 0. The highest BCUT2D eigenvalue weighted by molar-refractivity contribution is 7.76. The van der Waals surface area contributed by atoms with Gasteiger partial charge in [-0.1, -0.05) is 0 Å². The Morgan fingerprint density at radius 2 is 1.55 bits per heavy atom. The number of nitrogens with two attached hydrogens (primary N) is 1. The number of carbonyl (C=O) groups excluding carboxylic acids is 1. The molecule has 0 aromatic rings. The standard InChI is InChI=1S/C6H15NO11P2/c7-3(5(11)4(10)2(9)1-8)6(12)19(13,14)18-20(15,16)17/h2-5,8-11H,1,7H2,(H,13,14)(H2,15,16,17)/t2-,3+,4-,5-/m1/s1. The van der Waals surface area contributed by atoms with Gasteiger partial charge in [-0.2, -0.15) is 0 Å². The quantitative estimate of drug-likeness (QED) is 0.199. The molecule has 9 N–H and O–H groups in total. The van der Waals surface area contributed by atoms with Crippen LogP contribution in [0.1, 0.15) is 0 Å². The Morgan fingerprint density at radius 1 is 1.10 bits per heavy atom. The van der Waals surface area contributed by atoms with Crippen molar-refractivity contribution in [1.29, 1.82) is 0 Å². The van der Waals surface area contributed by atoms with Crippen LogP contribution in [0.5, 0.6) is 0 Å². The molecule has 0 aliphatic heterocycles. The summed E-state index contributed by atoms with van der Waals surface area (Å²) in [4.78, 5) is 37.1. The van der Waals surface area contributed by atoms with Gasteiger partial charge in [-0.25, -0.2) is 8.88 Å². The molecule has 0 aliphatic carbocycles. The minimum absolute atomic E-state index is 1.01. The van der Waals surface area contributed by atoms with Gasteiger partial charge in [0, 0.05) is 0 Å². The fourth-order valence-electron chi connectivity index (χ4n) is 1.07. The van der Waals surface area contributed by atoms with Crippen molar-refractivity contribution in [3.63, 3.8) is 0 Å². The first kappa shape index (κ1) is 19.8. The second-order valence-electron chi connectivity index (χ2n) is 3.69. The van der Waals surface area contributed by atoms with Gasteiger partial charge in [0.25, 0.3) is 5.52 Å². The third-order valence-electron chi connectivity index (χ3n) is 2.08. The molecule has 0 aliphatic rings. The highest BCUT2D eigenvalue weighted by Crippen LogP contribution is 2.57. The number of aliphatic hydroxyl groups is 4. The third kappa shape index (κ3) is 5.64. The van der Waals surface area contributed by atoms with Crippen LogP contribution in [0, 0.1) is 0 Å². The molecule has 0 aromatic carbocycles. The smallest absolute Gasteiger partial charge is 0.394 e. The molecule has 12 nitrogen and oxygen atoms in total. The van der Waals surface area contributed by atoms with Crippen molar-refractivity contribution in [3.8, 4) is 0 Å². The van der Waals surface area contributed by atoms with E-state index in [1.807, 2.05) is 0 Å². The van der Waals surface area contributed by atoms with Crippen LogP contribution in [0.15, 0.2) is 0 Å². The molecule has 0 amide bonds. The Balaban J connectivity index is 5.02. The summed E-state index contributed by atoms with van der Waals surface area (Å²) in [6.45, 7) is -1.01. The average molecular weight is 339 g/mol. The SMILES string of the molecule is N[C@H](C(=O)P(=O)(O)OP(=O)(O)O)[C@@H](O)[C@H](O)[C@H](O)CO. The van der Waals surface area contributed by atoms with Crippen LogP contribution < -0.4 is 5.73 Å². The Bertz CT molecular complexity index is 435. The molecule has 0 saturated carbocycles. The van der Waals surface area contributed by atoms with E-state index >= 15 is 0 Å². The monoisotopic (exact) mass is 339 g/mol. The van der Waals surface area contributed by atoms with E-state index < -0.39 is 51.9 Å². The Hall–Kier alpha value is -0.230. The van der Waals surface area contributed by atoms with Crippen molar-refractivity contribution in [1.82, 2.24) is 0 Å². The van der Waals surface area contributed by atoms with Gasteiger partial charge in [0.15, 0.2) is 0 Å². The van der Waals surface area contributed by atoms with E-state index in [1.54, 1.807) is 0 Å². The summed E-state index contributed by atoms with van der Waals surface area (Å²) in [5.41, 5.74) is 3.05. The lowest BCUT2D eigenvalue weighted by Gasteiger charge is -2.26. The highest BCUT2D eigenvalue weighted by Gasteiger charge is 2.45. The normalized spacial score (nSPS) is 21.6. The van der Waals surface area contributed by atoms with Crippen molar-refractivity contribution in [3.05, 3.63) is 0 Å². The van der Waals surface area contributed by atoms with E-state index in [0.717, 1.165) is 0 Å². The zero-order chi connectivity index (χ0) is 16.3. The number of aliphatic hydroxyl groups excluding tert-OH is 4. The van der Waals surface area contributed by atoms with Crippen LogP contribution in [0.25, 0.3) is 0 Å². The van der Waals surface area contributed by atoms with Crippen molar-refractivity contribution in [2.45, 2.75) is 24.4 Å². The van der Waals surface area contributed by atoms with Crippen LogP contribution in [0.3, 0.4) is 0 Å². The maximum Gasteiger partial charge on any atom is 0.477 e. The molecule has 0 heterocycles. The van der Waals surface area contributed by atoms with Crippen LogP contribution >= 0.6 is 15.4 Å². The lowest BCUT2D eigenvalue weighted by Crippen LogP contribution is -2.52. The number of hydrogen-bond donors (Lipinski definition) is 8. The number of phosphoric acid groups is 1. The Morgan fingerprint density at radius 3 is 1.90 bits per heavy atom. The van der Waals surface area contributed by atoms with Crippen LogP contribution in [-0.4, -0.2) is 71.6 Å². The summed E-state index contributed by atoms with van der Waals surface area (Å²) >= 11 is 0. The molecule has 0 aromatic heterocycles. The van der Waals surface area contributed by atoms with Crippen molar-refractivity contribution in [2.75, 3.05) is 6.61 Å². The second-order valence-corrected chi connectivity index (χ2v) is 6.80. The highest BCUT2D eigenvalue weighted by atomic mass is 31.3. The molecule has 0 spiro atoms. The minimum Gasteiger partial charge on any atom is -0.394 e. The average Bonchev–Trinajstić information content (AvgIpc) is 2.31. The molecule has 0 saturated heterocycles. The number of hydrogen-bond acceptors (Lipinski definition) is 9. The van der Waals surface area contributed by atoms with E-state index in [9.17, 15) is 24.1 Å². The van der Waals surface area contributed by atoms with Crippen LogP contribution in [0.4, 0.5) is 0 Å². The van der Waals surface area contributed by atoms with E-state index in [2.05, 4.69) is 4.31 Å². The number of carbonyl (C=O) groups is 1. The van der Waals surface area contributed by atoms with Gasteiger partial charge in [0.05, 0.1) is 6.61 Å². The molecule has 1 unspecified atom stereocenters. The molecule has 5 atom stereocenters. The van der Waals surface area contributed by atoms with Gasteiger partial charge in [0.2, 0.25) is 0 Å². The fourth-order valence-corrected chi connectivity index (χ4v) is 3.07. The zero-order valence-electron chi connectivity index (χ0n) is 9.75.